The highest BCUT2D eigenvalue weighted by Gasteiger charge is 2.33. The number of halogens is 2. The number of amides is 1. The summed E-state index contributed by atoms with van der Waals surface area (Å²) in [6.07, 6.45) is 4.24. The highest BCUT2D eigenvalue weighted by atomic mass is 32.1. The lowest BCUT2D eigenvalue weighted by Gasteiger charge is -2.37. The molecule has 0 bridgehead atoms. The van der Waals surface area contributed by atoms with Gasteiger partial charge < -0.3 is 16.2 Å². The Morgan fingerprint density at radius 2 is 1.94 bits per heavy atom. The summed E-state index contributed by atoms with van der Waals surface area (Å²) in [6, 6.07) is 5.34. The predicted octanol–water partition coefficient (Wildman–Crippen LogP) is 4.83. The molecule has 1 fully saturated rings. The second-order valence-electron chi connectivity index (χ2n) is 8.32. The van der Waals surface area contributed by atoms with E-state index in [0.717, 1.165) is 35.5 Å². The monoisotopic (exact) mass is 458 g/mol. The van der Waals surface area contributed by atoms with Crippen LogP contribution in [0.3, 0.4) is 0 Å². The molecule has 1 saturated carbocycles. The highest BCUT2D eigenvalue weighted by molar-refractivity contribution is 7.19. The number of aromatic nitrogens is 2. The molecule has 0 saturated heterocycles. The first kappa shape index (κ1) is 22.3. The van der Waals surface area contributed by atoms with E-state index in [-0.39, 0.29) is 33.1 Å². The van der Waals surface area contributed by atoms with E-state index < -0.39 is 23.6 Å². The fourth-order valence-corrected chi connectivity index (χ4v) is 5.13. The second-order valence-corrected chi connectivity index (χ2v) is 9.35. The van der Waals surface area contributed by atoms with E-state index in [2.05, 4.69) is 22.2 Å². The van der Waals surface area contributed by atoms with Crippen LogP contribution in [0, 0.1) is 23.5 Å². The molecule has 9 heteroatoms. The van der Waals surface area contributed by atoms with Crippen LogP contribution in [-0.2, 0) is 0 Å². The molecule has 32 heavy (non-hydrogen) atoms. The van der Waals surface area contributed by atoms with Gasteiger partial charge in [0.05, 0.1) is 23.6 Å². The Hall–Kier alpha value is -2.91. The number of thiazole rings is 1. The van der Waals surface area contributed by atoms with Crippen LogP contribution in [0.15, 0.2) is 36.7 Å². The van der Waals surface area contributed by atoms with E-state index in [1.807, 2.05) is 13.0 Å². The number of anilines is 2. The van der Waals surface area contributed by atoms with Crippen molar-refractivity contribution in [2.24, 2.45) is 11.8 Å². The number of nitrogen functional groups attached to an aromatic ring is 1. The molecular formula is C23H24F2N4O2S. The zero-order valence-electron chi connectivity index (χ0n) is 17.7. The first-order valence-electron chi connectivity index (χ1n) is 10.4. The van der Waals surface area contributed by atoms with Crippen LogP contribution in [0.1, 0.15) is 48.7 Å². The molecule has 4 N–H and O–H groups in total. The fourth-order valence-electron chi connectivity index (χ4n) is 4.25. The normalized spacial score (nSPS) is 23.2. The lowest BCUT2D eigenvalue weighted by Crippen LogP contribution is -2.32. The first-order chi connectivity index (χ1) is 15.3. The maximum Gasteiger partial charge on any atom is 0.277 e. The quantitative estimate of drug-likeness (QED) is 0.520. The number of carbonyl (C=O) groups excluding carboxylic acids is 1. The van der Waals surface area contributed by atoms with Crippen molar-refractivity contribution in [2.45, 2.75) is 38.7 Å². The molecule has 1 aliphatic rings. The molecule has 4 rings (SSSR count). The van der Waals surface area contributed by atoms with Gasteiger partial charge in [0.25, 0.3) is 5.91 Å². The van der Waals surface area contributed by atoms with E-state index in [0.29, 0.717) is 18.0 Å². The van der Waals surface area contributed by atoms with Crippen LogP contribution in [0.25, 0.3) is 10.6 Å². The number of aliphatic hydroxyl groups is 1. The van der Waals surface area contributed by atoms with Gasteiger partial charge in [-0.3, -0.25) is 9.78 Å². The molecule has 0 radical (unpaired) electrons. The zero-order chi connectivity index (χ0) is 23.0. The SMILES string of the molecule is C[C@@H]1[C@H](O)C[C@H](c2ccncc2NC(=O)c2nc(-c3c(F)cccc3F)sc2N)C[C@@H]1C. The van der Waals surface area contributed by atoms with Gasteiger partial charge in [0, 0.05) is 6.20 Å². The van der Waals surface area contributed by atoms with Gasteiger partial charge in [-0.05, 0) is 54.4 Å². The van der Waals surface area contributed by atoms with Crippen molar-refractivity contribution in [3.63, 3.8) is 0 Å². The first-order valence-corrected chi connectivity index (χ1v) is 11.2. The van der Waals surface area contributed by atoms with Crippen LogP contribution in [-0.4, -0.2) is 27.1 Å². The highest BCUT2D eigenvalue weighted by Crippen LogP contribution is 2.41. The van der Waals surface area contributed by atoms with Gasteiger partial charge in [0.2, 0.25) is 0 Å². The van der Waals surface area contributed by atoms with Gasteiger partial charge in [0.15, 0.2) is 5.69 Å². The number of nitrogens with two attached hydrogens (primary N) is 1. The van der Waals surface area contributed by atoms with E-state index in [4.69, 9.17) is 5.73 Å². The van der Waals surface area contributed by atoms with Crippen LogP contribution in [0.4, 0.5) is 19.5 Å². The molecule has 1 aromatic carbocycles. The number of nitrogens with zero attached hydrogens (tertiary/aromatic N) is 2. The van der Waals surface area contributed by atoms with Crippen molar-refractivity contribution in [1.82, 2.24) is 9.97 Å². The summed E-state index contributed by atoms with van der Waals surface area (Å²) in [5, 5.41) is 13.3. The summed E-state index contributed by atoms with van der Waals surface area (Å²) in [6.45, 7) is 4.15. The average molecular weight is 459 g/mol. The maximum atomic E-state index is 14.1. The summed E-state index contributed by atoms with van der Waals surface area (Å²) in [5.74, 6) is -1.55. The minimum absolute atomic E-state index is 0.00660. The maximum absolute atomic E-state index is 14.1. The Bertz CT molecular complexity index is 1120. The third kappa shape index (κ3) is 4.22. The largest absolute Gasteiger partial charge is 0.393 e. The number of hydrogen-bond acceptors (Lipinski definition) is 6. The van der Waals surface area contributed by atoms with Crippen LogP contribution in [0.2, 0.25) is 0 Å². The van der Waals surface area contributed by atoms with Crippen molar-refractivity contribution < 1.29 is 18.7 Å². The smallest absolute Gasteiger partial charge is 0.277 e. The lowest BCUT2D eigenvalue weighted by atomic mass is 9.71. The fraction of sp³-hybridized carbons (Fsp3) is 0.348. The Balaban J connectivity index is 1.60. The molecule has 6 nitrogen and oxygen atoms in total. The van der Waals surface area contributed by atoms with Crippen molar-refractivity contribution in [2.75, 3.05) is 11.1 Å². The van der Waals surface area contributed by atoms with E-state index in [1.165, 1.54) is 6.07 Å². The number of benzene rings is 1. The number of nitrogens with one attached hydrogen (secondary N) is 1. The van der Waals surface area contributed by atoms with Gasteiger partial charge in [-0.15, -0.1) is 0 Å². The minimum atomic E-state index is -0.778. The number of aliphatic hydroxyl groups excluding tert-OH is 1. The van der Waals surface area contributed by atoms with Crippen molar-refractivity contribution in [1.29, 1.82) is 0 Å². The summed E-state index contributed by atoms with van der Waals surface area (Å²) in [7, 11) is 0. The van der Waals surface area contributed by atoms with Crippen molar-refractivity contribution in [3.8, 4) is 10.6 Å². The topological polar surface area (TPSA) is 101 Å². The average Bonchev–Trinajstić information content (AvgIpc) is 3.13. The Morgan fingerprint density at radius 3 is 2.62 bits per heavy atom. The molecule has 4 atom stereocenters. The van der Waals surface area contributed by atoms with Gasteiger partial charge in [-0.1, -0.05) is 31.3 Å². The molecule has 0 spiro atoms. The molecule has 0 aliphatic heterocycles. The second kappa shape index (κ2) is 8.91. The number of pyridine rings is 1. The Morgan fingerprint density at radius 1 is 1.22 bits per heavy atom. The number of carbonyl (C=O) groups is 1. The molecular weight excluding hydrogens is 434 g/mol. The van der Waals surface area contributed by atoms with Crippen LogP contribution >= 0.6 is 11.3 Å². The van der Waals surface area contributed by atoms with E-state index in [9.17, 15) is 18.7 Å². The summed E-state index contributed by atoms with van der Waals surface area (Å²) in [4.78, 5) is 21.2. The molecule has 2 heterocycles. The standard InChI is InChI=1S/C23H24F2N4O2S/c1-11-8-13(9-18(30)12(11)2)14-6-7-27-10-17(14)28-22(31)20-21(26)32-23(29-20)19-15(24)4-3-5-16(19)25/h3-7,10-13,18,30H,8-9,26H2,1-2H3,(H,28,31)/t11-,12-,13+,18+/m0/s1. The van der Waals surface area contributed by atoms with E-state index >= 15 is 0 Å². The Labute approximate surface area is 188 Å². The van der Waals surface area contributed by atoms with Crippen LogP contribution < -0.4 is 11.1 Å². The molecule has 168 valence electrons. The third-order valence-corrected chi connectivity index (χ3v) is 7.18. The Kier molecular flexibility index (Phi) is 6.21. The van der Waals surface area contributed by atoms with Crippen LogP contribution in [0.5, 0.6) is 0 Å². The molecule has 1 aliphatic carbocycles. The van der Waals surface area contributed by atoms with Crippen molar-refractivity contribution >= 4 is 27.9 Å². The predicted molar refractivity (Wildman–Crippen MR) is 120 cm³/mol. The summed E-state index contributed by atoms with van der Waals surface area (Å²) < 4.78 is 28.3. The molecule has 0 unspecified atom stereocenters. The van der Waals surface area contributed by atoms with Gasteiger partial charge in [-0.2, -0.15) is 0 Å². The lowest BCUT2D eigenvalue weighted by molar-refractivity contribution is 0.0384. The zero-order valence-corrected chi connectivity index (χ0v) is 18.5. The van der Waals surface area contributed by atoms with Gasteiger partial charge in [-0.25, -0.2) is 13.8 Å². The molecule has 1 amide bonds. The van der Waals surface area contributed by atoms with E-state index in [1.54, 1.807) is 12.4 Å². The molecule has 3 aromatic rings. The minimum Gasteiger partial charge on any atom is -0.393 e. The third-order valence-electron chi connectivity index (χ3n) is 6.27. The number of rotatable bonds is 4. The summed E-state index contributed by atoms with van der Waals surface area (Å²) >= 11 is 0.845. The van der Waals surface area contributed by atoms with Gasteiger partial charge in [0.1, 0.15) is 21.6 Å². The van der Waals surface area contributed by atoms with Crippen molar-refractivity contribution in [3.05, 3.63) is 59.6 Å². The van der Waals surface area contributed by atoms with Gasteiger partial charge >= 0.3 is 0 Å². The number of hydrogen-bond donors (Lipinski definition) is 3. The molecule has 2 aromatic heterocycles. The summed E-state index contributed by atoms with van der Waals surface area (Å²) in [5.41, 5.74) is 6.93.